The number of aromatic nitrogens is 3. The number of anilines is 1. The molecule has 0 saturated carbocycles. The molecular formula is C23H19ClN4O4S. The number of amides is 1. The Kier molecular flexibility index (Phi) is 5.10. The van der Waals surface area contributed by atoms with E-state index in [9.17, 15) is 13.2 Å². The summed E-state index contributed by atoms with van der Waals surface area (Å²) in [5.74, 6) is -0.229. The lowest BCUT2D eigenvalue weighted by Gasteiger charge is -2.12. The van der Waals surface area contributed by atoms with E-state index in [4.69, 9.17) is 16.1 Å². The van der Waals surface area contributed by atoms with Crippen molar-refractivity contribution in [3.05, 3.63) is 81.7 Å². The summed E-state index contributed by atoms with van der Waals surface area (Å²) in [7, 11) is -3.32. The van der Waals surface area contributed by atoms with Crippen LogP contribution in [0.15, 0.2) is 53.1 Å². The highest BCUT2D eigenvalue weighted by atomic mass is 35.5. The quantitative estimate of drug-likeness (QED) is 0.459. The van der Waals surface area contributed by atoms with Crippen LogP contribution < -0.4 is 5.32 Å². The number of hydrogen-bond acceptors (Lipinski definition) is 6. The van der Waals surface area contributed by atoms with E-state index < -0.39 is 15.7 Å². The van der Waals surface area contributed by atoms with Crippen LogP contribution in [-0.4, -0.2) is 29.3 Å². The zero-order valence-corrected chi connectivity index (χ0v) is 19.4. The minimum absolute atomic E-state index is 0.165. The van der Waals surface area contributed by atoms with Gasteiger partial charge in [-0.25, -0.2) is 13.1 Å². The maximum absolute atomic E-state index is 13.5. The van der Waals surface area contributed by atoms with Crippen LogP contribution in [0.1, 0.15) is 32.9 Å². The normalized spacial score (nSPS) is 14.3. The molecule has 2 aromatic heterocycles. The van der Waals surface area contributed by atoms with Crippen molar-refractivity contribution in [2.24, 2.45) is 0 Å². The highest BCUT2D eigenvalue weighted by Crippen LogP contribution is 2.35. The Labute approximate surface area is 195 Å². The lowest BCUT2D eigenvalue weighted by atomic mass is 10.1. The first-order valence-corrected chi connectivity index (χ1v) is 12.3. The molecule has 0 bridgehead atoms. The Balaban J connectivity index is 1.60. The number of rotatable bonds is 4. The summed E-state index contributed by atoms with van der Waals surface area (Å²) in [6, 6.07) is 14.6. The van der Waals surface area contributed by atoms with Gasteiger partial charge >= 0.3 is 0 Å². The fraction of sp³-hybridized carbons (Fsp3) is 0.174. The van der Waals surface area contributed by atoms with Gasteiger partial charge in [0.25, 0.3) is 5.91 Å². The fourth-order valence-electron chi connectivity index (χ4n) is 3.89. The highest BCUT2D eigenvalue weighted by Gasteiger charge is 2.34. The predicted octanol–water partition coefficient (Wildman–Crippen LogP) is 4.48. The molecule has 0 spiro atoms. The minimum atomic E-state index is -3.32. The first kappa shape index (κ1) is 21.4. The highest BCUT2D eigenvalue weighted by molar-refractivity contribution is 7.90. The van der Waals surface area contributed by atoms with Gasteiger partial charge in [-0.05, 0) is 32.0 Å². The Bertz CT molecular complexity index is 1500. The second-order valence-electron chi connectivity index (χ2n) is 7.95. The van der Waals surface area contributed by atoms with E-state index in [1.54, 1.807) is 35.9 Å². The summed E-state index contributed by atoms with van der Waals surface area (Å²) in [4.78, 5) is 13.5. The number of carbonyl (C=O) groups is 1. The van der Waals surface area contributed by atoms with Gasteiger partial charge in [-0.3, -0.25) is 4.79 Å². The fourth-order valence-corrected chi connectivity index (χ4v) is 5.61. The molecule has 0 radical (unpaired) electrons. The van der Waals surface area contributed by atoms with Crippen LogP contribution in [-0.2, 0) is 21.3 Å². The van der Waals surface area contributed by atoms with E-state index in [1.165, 1.54) is 0 Å². The summed E-state index contributed by atoms with van der Waals surface area (Å²) in [5, 5.41) is 11.8. The summed E-state index contributed by atoms with van der Waals surface area (Å²) < 4.78 is 31.3. The molecule has 0 unspecified atom stereocenters. The number of hydrogen-bond donors (Lipinski definition) is 1. The molecule has 10 heteroatoms. The van der Waals surface area contributed by atoms with Gasteiger partial charge in [0.1, 0.15) is 22.8 Å². The smallest absolute Gasteiger partial charge is 0.262 e. The molecule has 1 aliphatic heterocycles. The van der Waals surface area contributed by atoms with E-state index in [1.807, 2.05) is 31.2 Å². The van der Waals surface area contributed by atoms with Gasteiger partial charge in [0, 0.05) is 11.1 Å². The first-order valence-electron chi connectivity index (χ1n) is 10.1. The molecular weight excluding hydrogens is 464 g/mol. The Hall–Kier alpha value is -3.43. The number of sulfone groups is 1. The average molecular weight is 483 g/mol. The molecule has 1 amide bonds. The van der Waals surface area contributed by atoms with E-state index in [0.717, 1.165) is 5.56 Å². The van der Waals surface area contributed by atoms with Crippen LogP contribution in [0.5, 0.6) is 0 Å². The van der Waals surface area contributed by atoms with E-state index in [0.29, 0.717) is 44.8 Å². The summed E-state index contributed by atoms with van der Waals surface area (Å²) >= 11 is 6.32. The predicted molar refractivity (Wildman–Crippen MR) is 124 cm³/mol. The molecule has 2 aromatic carbocycles. The van der Waals surface area contributed by atoms with Gasteiger partial charge in [0.2, 0.25) is 0 Å². The summed E-state index contributed by atoms with van der Waals surface area (Å²) in [5.41, 5.74) is 3.76. The lowest BCUT2D eigenvalue weighted by molar-refractivity contribution is 0.102. The Morgan fingerprint density at radius 1 is 1.09 bits per heavy atom. The van der Waals surface area contributed by atoms with Crippen molar-refractivity contribution < 1.29 is 17.7 Å². The molecule has 1 aliphatic rings. The minimum Gasteiger partial charge on any atom is -0.360 e. The number of nitrogens with zero attached hydrogens (tertiary/aromatic N) is 3. The summed E-state index contributed by atoms with van der Waals surface area (Å²) in [6.45, 7) is 3.60. The molecule has 3 heterocycles. The van der Waals surface area contributed by atoms with Crippen LogP contribution in [0.4, 0.5) is 5.82 Å². The first-order chi connectivity index (χ1) is 15.7. The van der Waals surface area contributed by atoms with Crippen molar-refractivity contribution in [2.45, 2.75) is 25.4 Å². The van der Waals surface area contributed by atoms with Crippen LogP contribution in [0.25, 0.3) is 16.9 Å². The number of nitrogens with one attached hydrogen (secondary N) is 1. The van der Waals surface area contributed by atoms with Crippen LogP contribution >= 0.6 is 11.6 Å². The van der Waals surface area contributed by atoms with Gasteiger partial charge in [0.15, 0.2) is 9.84 Å². The zero-order chi connectivity index (χ0) is 23.3. The van der Waals surface area contributed by atoms with Crippen molar-refractivity contribution in [1.82, 2.24) is 14.9 Å². The Morgan fingerprint density at radius 2 is 1.82 bits per heavy atom. The number of aryl methyl sites for hydroxylation is 2. The van der Waals surface area contributed by atoms with Crippen molar-refractivity contribution in [3.63, 3.8) is 0 Å². The molecule has 0 aliphatic carbocycles. The molecule has 0 fully saturated rings. The van der Waals surface area contributed by atoms with Crippen molar-refractivity contribution in [3.8, 4) is 16.9 Å². The number of fused-ring (bicyclic) bond motifs is 1. The summed E-state index contributed by atoms with van der Waals surface area (Å²) in [6.07, 6.45) is 0. The maximum atomic E-state index is 13.5. The molecule has 4 aromatic rings. The second kappa shape index (κ2) is 7.86. The molecule has 1 N–H and O–H groups in total. The number of benzene rings is 2. The molecule has 5 rings (SSSR count). The second-order valence-corrected chi connectivity index (χ2v) is 10.4. The van der Waals surface area contributed by atoms with Crippen LogP contribution in [0.2, 0.25) is 5.02 Å². The van der Waals surface area contributed by atoms with Crippen LogP contribution in [0.3, 0.4) is 0 Å². The van der Waals surface area contributed by atoms with Crippen molar-refractivity contribution >= 4 is 33.2 Å². The van der Waals surface area contributed by atoms with Gasteiger partial charge < -0.3 is 9.84 Å². The largest absolute Gasteiger partial charge is 0.360 e. The SMILES string of the molecule is Cc1ccc(-n2nc3c(c2NC(=O)c2c(-c4ccccc4Cl)noc2C)CS(=O)(=O)C3)cc1. The average Bonchev–Trinajstić information content (AvgIpc) is 3.39. The third-order valence-corrected chi connectivity index (χ3v) is 7.29. The van der Waals surface area contributed by atoms with Crippen molar-refractivity contribution in [2.75, 3.05) is 5.32 Å². The Morgan fingerprint density at radius 3 is 2.55 bits per heavy atom. The number of halogens is 1. The molecule has 33 heavy (non-hydrogen) atoms. The third kappa shape index (κ3) is 3.83. The van der Waals surface area contributed by atoms with Gasteiger partial charge in [0.05, 0.1) is 27.9 Å². The topological polar surface area (TPSA) is 107 Å². The molecule has 8 nitrogen and oxygen atoms in total. The monoisotopic (exact) mass is 482 g/mol. The van der Waals surface area contributed by atoms with E-state index in [-0.39, 0.29) is 17.1 Å². The van der Waals surface area contributed by atoms with Gasteiger partial charge in [-0.2, -0.15) is 5.10 Å². The standard InChI is InChI=1S/C23H19ClN4O4S/c1-13-7-9-15(10-8-13)28-22(17-11-33(30,31)12-19(17)26-28)25-23(29)20-14(2)32-27-21(20)16-5-3-4-6-18(16)24/h3-10H,11-12H2,1-2H3,(H,25,29). The molecule has 168 valence electrons. The maximum Gasteiger partial charge on any atom is 0.262 e. The zero-order valence-electron chi connectivity index (χ0n) is 17.8. The van der Waals surface area contributed by atoms with E-state index in [2.05, 4.69) is 15.6 Å². The molecule has 0 atom stereocenters. The van der Waals surface area contributed by atoms with Crippen LogP contribution in [0, 0.1) is 13.8 Å². The lowest BCUT2D eigenvalue weighted by Crippen LogP contribution is -2.18. The molecule has 0 saturated heterocycles. The van der Waals surface area contributed by atoms with Crippen molar-refractivity contribution in [1.29, 1.82) is 0 Å². The van der Waals surface area contributed by atoms with E-state index >= 15 is 0 Å². The number of carbonyl (C=O) groups excluding carboxylic acids is 1. The van der Waals surface area contributed by atoms with Gasteiger partial charge in [-0.15, -0.1) is 0 Å². The third-order valence-electron chi connectivity index (χ3n) is 5.52. The van der Waals surface area contributed by atoms with Gasteiger partial charge in [-0.1, -0.05) is 52.7 Å².